The summed E-state index contributed by atoms with van der Waals surface area (Å²) in [6, 6.07) is 10.4. The van der Waals surface area contributed by atoms with Gasteiger partial charge in [0.2, 0.25) is 0 Å². The molecule has 0 aliphatic heterocycles. The lowest BCUT2D eigenvalue weighted by molar-refractivity contribution is 0.675. The second-order valence-corrected chi connectivity index (χ2v) is 4.60. The quantitative estimate of drug-likeness (QED) is 0.609. The lowest BCUT2D eigenvalue weighted by atomic mass is 9.83. The molecule has 0 bridgehead atoms. The van der Waals surface area contributed by atoms with Crippen molar-refractivity contribution in [3.05, 3.63) is 60.2 Å². The van der Waals surface area contributed by atoms with Crippen LogP contribution in [0, 0.1) is 0 Å². The van der Waals surface area contributed by atoms with Crippen LogP contribution in [0.25, 0.3) is 0 Å². The van der Waals surface area contributed by atoms with E-state index in [9.17, 15) is 0 Å². The summed E-state index contributed by atoms with van der Waals surface area (Å²) >= 11 is 6.43. The molecular weight excluding hydrogens is 192 g/mol. The topological polar surface area (TPSA) is 0 Å². The summed E-state index contributed by atoms with van der Waals surface area (Å²) < 4.78 is 0. The van der Waals surface area contributed by atoms with Gasteiger partial charge in [-0.3, -0.25) is 0 Å². The third-order valence-corrected chi connectivity index (χ3v) is 2.96. The van der Waals surface area contributed by atoms with E-state index in [1.807, 2.05) is 25.1 Å². The Balaban J connectivity index is 2.36. The zero-order valence-corrected chi connectivity index (χ0v) is 8.91. The number of halogens is 1. The molecule has 14 heavy (non-hydrogen) atoms. The summed E-state index contributed by atoms with van der Waals surface area (Å²) in [5.41, 5.74) is 1.27. The highest BCUT2D eigenvalue weighted by Gasteiger charge is 2.29. The first-order valence-electron chi connectivity index (χ1n) is 4.80. The van der Waals surface area contributed by atoms with Crippen LogP contribution in [0.3, 0.4) is 0 Å². The van der Waals surface area contributed by atoms with Gasteiger partial charge in [0.15, 0.2) is 0 Å². The fourth-order valence-electron chi connectivity index (χ4n) is 1.81. The van der Waals surface area contributed by atoms with Gasteiger partial charge in [0.25, 0.3) is 0 Å². The van der Waals surface area contributed by atoms with Gasteiger partial charge < -0.3 is 0 Å². The van der Waals surface area contributed by atoms with Crippen molar-refractivity contribution >= 4 is 11.6 Å². The minimum absolute atomic E-state index is 0.273. The Morgan fingerprint density at radius 1 is 1.14 bits per heavy atom. The summed E-state index contributed by atoms with van der Waals surface area (Å²) in [6.45, 7) is 2.05. The number of alkyl halides is 1. The molecule has 1 aliphatic rings. The molecule has 0 spiro atoms. The highest BCUT2D eigenvalue weighted by Crippen LogP contribution is 2.38. The number of benzene rings is 1. The summed E-state index contributed by atoms with van der Waals surface area (Å²) in [5, 5.41) is 0. The number of allylic oxidation sites excluding steroid dienone is 4. The molecule has 0 saturated carbocycles. The number of hydrogen-bond acceptors (Lipinski definition) is 0. The van der Waals surface area contributed by atoms with Crippen LogP contribution >= 0.6 is 11.6 Å². The van der Waals surface area contributed by atoms with E-state index in [0.717, 1.165) is 0 Å². The van der Waals surface area contributed by atoms with Crippen molar-refractivity contribution < 1.29 is 0 Å². The van der Waals surface area contributed by atoms with E-state index in [-0.39, 0.29) is 10.8 Å². The van der Waals surface area contributed by atoms with Crippen LogP contribution in [-0.4, -0.2) is 4.87 Å². The highest BCUT2D eigenvalue weighted by molar-refractivity contribution is 6.25. The van der Waals surface area contributed by atoms with Gasteiger partial charge in [0.05, 0.1) is 4.87 Å². The smallest absolute Gasteiger partial charge is 0.0703 e. The van der Waals surface area contributed by atoms with Crippen molar-refractivity contribution in [2.24, 2.45) is 0 Å². The number of hydrogen-bond donors (Lipinski definition) is 0. The Morgan fingerprint density at radius 3 is 2.50 bits per heavy atom. The van der Waals surface area contributed by atoms with Crippen molar-refractivity contribution in [2.45, 2.75) is 17.7 Å². The SMILES string of the molecule is CC1(Cl)C=CC=CC1c1ccccc1. The van der Waals surface area contributed by atoms with Crippen LogP contribution in [0.2, 0.25) is 0 Å². The van der Waals surface area contributed by atoms with E-state index in [0.29, 0.717) is 0 Å². The van der Waals surface area contributed by atoms with E-state index < -0.39 is 0 Å². The van der Waals surface area contributed by atoms with Gasteiger partial charge in [-0.15, -0.1) is 11.6 Å². The Labute approximate surface area is 89.9 Å². The second kappa shape index (κ2) is 3.62. The molecule has 1 aromatic rings. The van der Waals surface area contributed by atoms with E-state index >= 15 is 0 Å². The maximum Gasteiger partial charge on any atom is 0.0703 e. The van der Waals surface area contributed by atoms with Crippen LogP contribution in [0.1, 0.15) is 18.4 Å². The van der Waals surface area contributed by atoms with E-state index in [4.69, 9.17) is 11.6 Å². The van der Waals surface area contributed by atoms with Crippen LogP contribution in [-0.2, 0) is 0 Å². The normalized spacial score (nSPS) is 30.6. The maximum absolute atomic E-state index is 6.43. The van der Waals surface area contributed by atoms with Crippen molar-refractivity contribution in [3.8, 4) is 0 Å². The largest absolute Gasteiger partial charge is 0.114 e. The Morgan fingerprint density at radius 2 is 1.86 bits per heavy atom. The van der Waals surface area contributed by atoms with Crippen LogP contribution in [0.5, 0.6) is 0 Å². The molecule has 72 valence electrons. The number of rotatable bonds is 1. The van der Waals surface area contributed by atoms with Gasteiger partial charge in [0, 0.05) is 5.92 Å². The minimum atomic E-state index is -0.296. The molecule has 0 nitrogen and oxygen atoms in total. The van der Waals surface area contributed by atoms with Crippen molar-refractivity contribution in [3.63, 3.8) is 0 Å². The molecular formula is C13H13Cl. The highest BCUT2D eigenvalue weighted by atomic mass is 35.5. The fraction of sp³-hybridized carbons (Fsp3) is 0.231. The molecule has 0 radical (unpaired) electrons. The predicted molar refractivity (Wildman–Crippen MR) is 61.7 cm³/mol. The maximum atomic E-state index is 6.43. The summed E-state index contributed by atoms with van der Waals surface area (Å²) in [7, 11) is 0. The van der Waals surface area contributed by atoms with Crippen molar-refractivity contribution in [1.82, 2.24) is 0 Å². The zero-order valence-electron chi connectivity index (χ0n) is 8.15. The van der Waals surface area contributed by atoms with Gasteiger partial charge in [-0.25, -0.2) is 0 Å². The first-order chi connectivity index (χ1) is 6.70. The monoisotopic (exact) mass is 204 g/mol. The van der Waals surface area contributed by atoms with Gasteiger partial charge in [-0.2, -0.15) is 0 Å². The zero-order chi connectivity index (χ0) is 10.0. The summed E-state index contributed by atoms with van der Waals surface area (Å²) in [4.78, 5) is -0.296. The molecule has 1 heteroatoms. The van der Waals surface area contributed by atoms with E-state index in [1.165, 1.54) is 5.56 Å². The molecule has 0 fully saturated rings. The third kappa shape index (κ3) is 1.76. The molecule has 2 atom stereocenters. The molecule has 2 unspecified atom stereocenters. The fourth-order valence-corrected chi connectivity index (χ4v) is 2.08. The Bertz CT molecular complexity index is 360. The van der Waals surface area contributed by atoms with Gasteiger partial charge >= 0.3 is 0 Å². The molecule has 0 amide bonds. The van der Waals surface area contributed by atoms with Crippen molar-refractivity contribution in [1.29, 1.82) is 0 Å². The van der Waals surface area contributed by atoms with E-state index in [1.54, 1.807) is 0 Å². The Kier molecular flexibility index (Phi) is 2.47. The van der Waals surface area contributed by atoms with Crippen LogP contribution in [0.15, 0.2) is 54.6 Å². The molecule has 0 saturated heterocycles. The van der Waals surface area contributed by atoms with Gasteiger partial charge in [-0.1, -0.05) is 54.6 Å². The molecule has 0 aromatic heterocycles. The molecule has 0 N–H and O–H groups in total. The van der Waals surface area contributed by atoms with Crippen LogP contribution < -0.4 is 0 Å². The van der Waals surface area contributed by atoms with Gasteiger partial charge in [0.1, 0.15) is 0 Å². The first-order valence-corrected chi connectivity index (χ1v) is 5.18. The molecule has 0 heterocycles. The predicted octanol–water partition coefficient (Wildman–Crippen LogP) is 3.89. The van der Waals surface area contributed by atoms with Crippen molar-refractivity contribution in [2.75, 3.05) is 0 Å². The van der Waals surface area contributed by atoms with E-state index in [2.05, 4.69) is 36.4 Å². The van der Waals surface area contributed by atoms with Gasteiger partial charge in [-0.05, 0) is 12.5 Å². The summed E-state index contributed by atoms with van der Waals surface area (Å²) in [5.74, 6) is 0.273. The lowest BCUT2D eigenvalue weighted by Crippen LogP contribution is -2.24. The van der Waals surface area contributed by atoms with Crippen LogP contribution in [0.4, 0.5) is 0 Å². The first kappa shape index (κ1) is 9.54. The average Bonchev–Trinajstić information content (AvgIpc) is 2.18. The average molecular weight is 205 g/mol. The second-order valence-electron chi connectivity index (χ2n) is 3.78. The molecule has 1 aromatic carbocycles. The molecule has 1 aliphatic carbocycles. The minimum Gasteiger partial charge on any atom is -0.114 e. The standard InChI is InChI=1S/C13H13Cl/c1-13(14)10-6-5-9-12(13)11-7-3-2-4-8-11/h2-10,12H,1H3. The third-order valence-electron chi connectivity index (χ3n) is 2.60. The molecule has 2 rings (SSSR count). The Hall–Kier alpha value is -1.01. The lowest BCUT2D eigenvalue weighted by Gasteiger charge is -2.29. The summed E-state index contributed by atoms with van der Waals surface area (Å²) in [6.07, 6.45) is 8.27.